The summed E-state index contributed by atoms with van der Waals surface area (Å²) in [6.45, 7) is 4.21. The zero-order chi connectivity index (χ0) is 14.5. The Morgan fingerprint density at radius 1 is 1.50 bits per heavy atom. The van der Waals surface area contributed by atoms with Crippen LogP contribution in [-0.4, -0.2) is 35.5 Å². The van der Waals surface area contributed by atoms with Crippen molar-refractivity contribution in [2.45, 2.75) is 19.8 Å². The Bertz CT molecular complexity index is 498. The summed E-state index contributed by atoms with van der Waals surface area (Å²) >= 11 is 4.96. The number of nitrogens with zero attached hydrogens (tertiary/aromatic N) is 2. The molecule has 1 saturated heterocycles. The number of hydrogen-bond donors (Lipinski definition) is 2. The van der Waals surface area contributed by atoms with Gasteiger partial charge in [-0.15, -0.1) is 0 Å². The molecule has 20 heavy (non-hydrogen) atoms. The number of amides is 1. The van der Waals surface area contributed by atoms with Crippen LogP contribution in [0.15, 0.2) is 18.2 Å². The Morgan fingerprint density at radius 3 is 2.80 bits per heavy atom. The standard InChI is InChI=1S/C14H20N4OS/c1-10(19)16-9-11-5-7-18(8-6-11)13-4-2-3-12(17-13)14(15)20/h2-4,11H,5-9H2,1H3,(H2,15,20)(H,16,19). The highest BCUT2D eigenvalue weighted by atomic mass is 32.1. The second-order valence-corrected chi connectivity index (χ2v) is 5.55. The SMILES string of the molecule is CC(=O)NCC1CCN(c2cccc(C(N)=S)n2)CC1. The molecule has 2 heterocycles. The van der Waals surface area contributed by atoms with Gasteiger partial charge in [0, 0.05) is 26.6 Å². The molecule has 2 rings (SSSR count). The minimum atomic E-state index is 0.0401. The van der Waals surface area contributed by atoms with Gasteiger partial charge < -0.3 is 16.0 Å². The lowest BCUT2D eigenvalue weighted by Gasteiger charge is -2.33. The number of nitrogens with one attached hydrogen (secondary N) is 1. The second kappa shape index (κ2) is 6.65. The average Bonchev–Trinajstić information content (AvgIpc) is 2.46. The number of carbonyl (C=O) groups is 1. The van der Waals surface area contributed by atoms with Gasteiger partial charge in [-0.25, -0.2) is 4.98 Å². The van der Waals surface area contributed by atoms with Gasteiger partial charge in [0.15, 0.2) is 0 Å². The zero-order valence-corrected chi connectivity index (χ0v) is 12.4. The minimum absolute atomic E-state index is 0.0401. The van der Waals surface area contributed by atoms with Gasteiger partial charge >= 0.3 is 0 Å². The van der Waals surface area contributed by atoms with E-state index in [1.807, 2.05) is 18.2 Å². The Balaban J connectivity index is 1.92. The van der Waals surface area contributed by atoms with Crippen LogP contribution in [-0.2, 0) is 4.79 Å². The molecule has 0 unspecified atom stereocenters. The number of hydrogen-bond acceptors (Lipinski definition) is 4. The van der Waals surface area contributed by atoms with E-state index in [0.717, 1.165) is 38.3 Å². The highest BCUT2D eigenvalue weighted by molar-refractivity contribution is 7.80. The van der Waals surface area contributed by atoms with Gasteiger partial charge in [-0.3, -0.25) is 4.79 Å². The number of piperidine rings is 1. The van der Waals surface area contributed by atoms with Crippen molar-refractivity contribution in [2.75, 3.05) is 24.5 Å². The molecule has 0 spiro atoms. The highest BCUT2D eigenvalue weighted by Crippen LogP contribution is 2.21. The van der Waals surface area contributed by atoms with Crippen LogP contribution in [0.1, 0.15) is 25.5 Å². The Kier molecular flexibility index (Phi) is 4.89. The quantitative estimate of drug-likeness (QED) is 0.812. The number of pyridine rings is 1. The summed E-state index contributed by atoms with van der Waals surface area (Å²) in [4.78, 5) is 18.0. The summed E-state index contributed by atoms with van der Waals surface area (Å²) in [5.41, 5.74) is 6.28. The van der Waals surface area contributed by atoms with Crippen molar-refractivity contribution < 1.29 is 4.79 Å². The molecular formula is C14H20N4OS. The Morgan fingerprint density at radius 2 is 2.20 bits per heavy atom. The highest BCUT2D eigenvalue weighted by Gasteiger charge is 2.20. The van der Waals surface area contributed by atoms with Gasteiger partial charge in [0.2, 0.25) is 5.91 Å². The van der Waals surface area contributed by atoms with Gasteiger partial charge in [0.1, 0.15) is 10.8 Å². The summed E-state index contributed by atoms with van der Waals surface area (Å²) < 4.78 is 0. The fourth-order valence-electron chi connectivity index (χ4n) is 2.39. The van der Waals surface area contributed by atoms with E-state index in [-0.39, 0.29) is 5.91 Å². The fraction of sp³-hybridized carbons (Fsp3) is 0.500. The number of rotatable bonds is 4. The maximum atomic E-state index is 10.9. The van der Waals surface area contributed by atoms with Crippen molar-refractivity contribution in [3.05, 3.63) is 23.9 Å². The zero-order valence-electron chi connectivity index (χ0n) is 11.6. The first-order valence-corrected chi connectivity index (χ1v) is 7.23. The van der Waals surface area contributed by atoms with Crippen molar-refractivity contribution in [3.63, 3.8) is 0 Å². The summed E-state index contributed by atoms with van der Waals surface area (Å²) in [6, 6.07) is 5.74. The Hall–Kier alpha value is -1.69. The van der Waals surface area contributed by atoms with Crippen LogP contribution in [0.4, 0.5) is 5.82 Å². The molecule has 1 aliphatic rings. The largest absolute Gasteiger partial charge is 0.388 e. The molecule has 0 aliphatic carbocycles. The average molecular weight is 292 g/mol. The molecule has 0 radical (unpaired) electrons. The molecule has 6 heteroatoms. The van der Waals surface area contributed by atoms with E-state index in [4.69, 9.17) is 18.0 Å². The van der Waals surface area contributed by atoms with E-state index >= 15 is 0 Å². The topological polar surface area (TPSA) is 71.2 Å². The molecule has 1 aromatic heterocycles. The van der Waals surface area contributed by atoms with Crippen molar-refractivity contribution in [2.24, 2.45) is 11.7 Å². The molecule has 3 N–H and O–H groups in total. The molecule has 0 bridgehead atoms. The number of anilines is 1. The van der Waals surface area contributed by atoms with Gasteiger partial charge in [0.05, 0.1) is 5.69 Å². The molecule has 1 amide bonds. The molecular weight excluding hydrogens is 272 g/mol. The van der Waals surface area contributed by atoms with Crippen molar-refractivity contribution in [1.82, 2.24) is 10.3 Å². The number of aromatic nitrogens is 1. The molecule has 1 aromatic rings. The normalized spacial score (nSPS) is 15.9. The minimum Gasteiger partial charge on any atom is -0.388 e. The van der Waals surface area contributed by atoms with E-state index in [1.165, 1.54) is 0 Å². The van der Waals surface area contributed by atoms with E-state index in [0.29, 0.717) is 16.6 Å². The van der Waals surface area contributed by atoms with Crippen molar-refractivity contribution >= 4 is 28.9 Å². The molecule has 0 saturated carbocycles. The molecule has 1 fully saturated rings. The third-order valence-corrected chi connectivity index (χ3v) is 3.77. The van der Waals surface area contributed by atoms with Crippen molar-refractivity contribution in [3.8, 4) is 0 Å². The lowest BCUT2D eigenvalue weighted by atomic mass is 9.97. The first-order chi connectivity index (χ1) is 9.56. The predicted octanol–water partition coefficient (Wildman–Crippen LogP) is 1.07. The van der Waals surface area contributed by atoms with E-state index in [9.17, 15) is 4.79 Å². The van der Waals surface area contributed by atoms with E-state index in [1.54, 1.807) is 6.92 Å². The molecule has 0 atom stereocenters. The molecule has 1 aliphatic heterocycles. The lowest BCUT2D eigenvalue weighted by molar-refractivity contribution is -0.119. The van der Waals surface area contributed by atoms with Gasteiger partial charge in [-0.1, -0.05) is 18.3 Å². The first kappa shape index (κ1) is 14.7. The number of nitrogens with two attached hydrogens (primary N) is 1. The molecule has 5 nitrogen and oxygen atoms in total. The van der Waals surface area contributed by atoms with E-state index in [2.05, 4.69) is 15.2 Å². The summed E-state index contributed by atoms with van der Waals surface area (Å²) in [5.74, 6) is 1.51. The maximum absolute atomic E-state index is 10.9. The van der Waals surface area contributed by atoms with Crippen LogP contribution < -0.4 is 16.0 Å². The monoisotopic (exact) mass is 292 g/mol. The first-order valence-electron chi connectivity index (χ1n) is 6.82. The van der Waals surface area contributed by atoms with Crippen molar-refractivity contribution in [1.29, 1.82) is 0 Å². The fourth-order valence-corrected chi connectivity index (χ4v) is 2.50. The molecule has 108 valence electrons. The van der Waals surface area contributed by atoms with Crippen LogP contribution in [0.5, 0.6) is 0 Å². The summed E-state index contributed by atoms with van der Waals surface area (Å²) in [7, 11) is 0. The Labute approximate surface area is 124 Å². The van der Waals surface area contributed by atoms with Crippen LogP contribution in [0.25, 0.3) is 0 Å². The van der Waals surface area contributed by atoms with Crippen LogP contribution in [0.3, 0.4) is 0 Å². The second-order valence-electron chi connectivity index (χ2n) is 5.11. The summed E-state index contributed by atoms with van der Waals surface area (Å²) in [5, 5.41) is 2.89. The van der Waals surface area contributed by atoms with Gasteiger partial charge in [-0.05, 0) is 30.9 Å². The van der Waals surface area contributed by atoms with E-state index < -0.39 is 0 Å². The van der Waals surface area contributed by atoms with Crippen LogP contribution >= 0.6 is 12.2 Å². The predicted molar refractivity (Wildman–Crippen MR) is 83.7 cm³/mol. The van der Waals surface area contributed by atoms with Gasteiger partial charge in [0.25, 0.3) is 0 Å². The summed E-state index contributed by atoms with van der Waals surface area (Å²) in [6.07, 6.45) is 2.11. The maximum Gasteiger partial charge on any atom is 0.216 e. The van der Waals surface area contributed by atoms with Crippen LogP contribution in [0.2, 0.25) is 0 Å². The smallest absolute Gasteiger partial charge is 0.216 e. The number of carbonyl (C=O) groups excluding carboxylic acids is 1. The molecule has 0 aromatic carbocycles. The third-order valence-electron chi connectivity index (χ3n) is 3.57. The van der Waals surface area contributed by atoms with Gasteiger partial charge in [-0.2, -0.15) is 0 Å². The van der Waals surface area contributed by atoms with Crippen LogP contribution in [0, 0.1) is 5.92 Å². The third kappa shape index (κ3) is 3.90. The number of thiocarbonyl (C=S) groups is 1. The lowest BCUT2D eigenvalue weighted by Crippen LogP contribution is -2.38.